The Morgan fingerprint density at radius 1 is 0.882 bits per heavy atom. The van der Waals surface area contributed by atoms with Crippen LogP contribution in [0.5, 0.6) is 0 Å². The van der Waals surface area contributed by atoms with Crippen LogP contribution >= 0.6 is 46.4 Å². The van der Waals surface area contributed by atoms with E-state index in [2.05, 4.69) is 4.98 Å². The molecule has 88 valence electrons. The van der Waals surface area contributed by atoms with Gasteiger partial charge in [-0.05, 0) is 18.2 Å². The molecule has 1 aromatic carbocycles. The lowest BCUT2D eigenvalue weighted by Crippen LogP contribution is -2.08. The zero-order chi connectivity index (χ0) is 12.6. The lowest BCUT2D eigenvalue weighted by molar-refractivity contribution is 1.24. The van der Waals surface area contributed by atoms with Gasteiger partial charge >= 0.3 is 0 Å². The number of hydrogen-bond acceptors (Lipinski definition) is 1. The van der Waals surface area contributed by atoms with Crippen LogP contribution in [0, 0.1) is 0 Å². The maximum atomic E-state index is 11.7. The van der Waals surface area contributed by atoms with Crippen molar-refractivity contribution >= 4 is 46.4 Å². The van der Waals surface area contributed by atoms with Gasteiger partial charge in [0.05, 0.1) is 20.6 Å². The average molecular weight is 309 g/mol. The first-order valence-corrected chi connectivity index (χ1v) is 6.03. The molecule has 6 heteroatoms. The van der Waals surface area contributed by atoms with E-state index in [0.717, 1.165) is 0 Å². The van der Waals surface area contributed by atoms with Crippen molar-refractivity contribution in [3.05, 3.63) is 54.8 Å². The molecule has 0 atom stereocenters. The molecule has 2 aromatic rings. The monoisotopic (exact) mass is 307 g/mol. The second-order valence-electron chi connectivity index (χ2n) is 3.31. The molecule has 0 radical (unpaired) electrons. The Labute approximate surface area is 117 Å². The zero-order valence-corrected chi connectivity index (χ0v) is 11.3. The molecule has 0 bridgehead atoms. The number of halogens is 4. The molecule has 0 spiro atoms. The molecule has 1 N–H and O–H groups in total. The fourth-order valence-electron chi connectivity index (χ4n) is 1.44. The minimum absolute atomic E-state index is 0.301. The summed E-state index contributed by atoms with van der Waals surface area (Å²) < 4.78 is 0. The standard InChI is InChI=1S/C11H5Cl4NO/c12-5-2-8(14)10(9(15)3-5)7-1-6(13)4-16-11(7)17/h1-4H,(H,16,17). The van der Waals surface area contributed by atoms with E-state index in [-0.39, 0.29) is 5.56 Å². The predicted molar refractivity (Wildman–Crippen MR) is 72.5 cm³/mol. The maximum Gasteiger partial charge on any atom is 0.256 e. The van der Waals surface area contributed by atoms with Crippen LogP contribution in [0.1, 0.15) is 0 Å². The molecule has 2 rings (SSSR count). The van der Waals surface area contributed by atoms with E-state index in [1.807, 2.05) is 0 Å². The minimum Gasteiger partial charge on any atom is -0.327 e. The molecule has 0 amide bonds. The number of hydrogen-bond donors (Lipinski definition) is 1. The molecule has 0 fully saturated rings. The quantitative estimate of drug-likeness (QED) is 0.817. The lowest BCUT2D eigenvalue weighted by Gasteiger charge is -2.07. The predicted octanol–water partition coefficient (Wildman–Crippen LogP) is 4.66. The third-order valence-corrected chi connectivity index (χ3v) is 3.18. The number of nitrogens with one attached hydrogen (secondary N) is 1. The highest BCUT2D eigenvalue weighted by molar-refractivity contribution is 6.42. The van der Waals surface area contributed by atoms with Gasteiger partial charge in [-0.2, -0.15) is 0 Å². The number of rotatable bonds is 1. The zero-order valence-electron chi connectivity index (χ0n) is 8.23. The SMILES string of the molecule is O=c1[nH]cc(Cl)cc1-c1c(Cl)cc(Cl)cc1Cl. The third kappa shape index (κ3) is 2.61. The molecule has 0 saturated heterocycles. The van der Waals surface area contributed by atoms with Crippen LogP contribution < -0.4 is 5.56 Å². The fourth-order valence-corrected chi connectivity index (χ4v) is 2.63. The van der Waals surface area contributed by atoms with Gasteiger partial charge in [0.1, 0.15) is 0 Å². The molecule has 1 aromatic heterocycles. The van der Waals surface area contributed by atoms with Crippen LogP contribution in [-0.4, -0.2) is 4.98 Å². The summed E-state index contributed by atoms with van der Waals surface area (Å²) in [5.74, 6) is 0. The first-order valence-electron chi connectivity index (χ1n) is 4.52. The van der Waals surface area contributed by atoms with Gasteiger partial charge in [0.2, 0.25) is 0 Å². The summed E-state index contributed by atoms with van der Waals surface area (Å²) >= 11 is 23.7. The second-order valence-corrected chi connectivity index (χ2v) is 4.99. The normalized spacial score (nSPS) is 10.6. The minimum atomic E-state index is -0.319. The van der Waals surface area contributed by atoms with Gasteiger partial charge in [-0.1, -0.05) is 46.4 Å². The van der Waals surface area contributed by atoms with E-state index in [0.29, 0.717) is 31.2 Å². The van der Waals surface area contributed by atoms with E-state index in [4.69, 9.17) is 46.4 Å². The van der Waals surface area contributed by atoms with Crippen LogP contribution in [0.25, 0.3) is 11.1 Å². The highest BCUT2D eigenvalue weighted by atomic mass is 35.5. The summed E-state index contributed by atoms with van der Waals surface area (Å²) in [7, 11) is 0. The fraction of sp³-hybridized carbons (Fsp3) is 0. The summed E-state index contributed by atoms with van der Waals surface area (Å²) in [6.07, 6.45) is 1.39. The third-order valence-electron chi connectivity index (χ3n) is 2.14. The van der Waals surface area contributed by atoms with Crippen LogP contribution in [0.4, 0.5) is 0 Å². The molecule has 0 saturated carbocycles. The number of aromatic amines is 1. The Morgan fingerprint density at radius 2 is 1.47 bits per heavy atom. The lowest BCUT2D eigenvalue weighted by atomic mass is 10.1. The average Bonchev–Trinajstić information content (AvgIpc) is 2.21. The van der Waals surface area contributed by atoms with Crippen LogP contribution in [-0.2, 0) is 0 Å². The Hall–Kier alpha value is -0.670. The molecule has 2 nitrogen and oxygen atoms in total. The molecule has 0 unspecified atom stereocenters. The van der Waals surface area contributed by atoms with E-state index in [1.165, 1.54) is 24.4 Å². The largest absolute Gasteiger partial charge is 0.327 e. The number of pyridine rings is 1. The van der Waals surface area contributed by atoms with Crippen LogP contribution in [0.3, 0.4) is 0 Å². The Balaban J connectivity index is 2.77. The first kappa shape index (κ1) is 12.8. The van der Waals surface area contributed by atoms with Gasteiger partial charge in [-0.15, -0.1) is 0 Å². The molecule has 0 aliphatic rings. The smallest absolute Gasteiger partial charge is 0.256 e. The van der Waals surface area contributed by atoms with E-state index in [9.17, 15) is 4.79 Å². The van der Waals surface area contributed by atoms with Gasteiger partial charge in [0.15, 0.2) is 0 Å². The van der Waals surface area contributed by atoms with Gasteiger partial charge < -0.3 is 4.98 Å². The second kappa shape index (κ2) is 4.91. The van der Waals surface area contributed by atoms with E-state index in [1.54, 1.807) is 0 Å². The Morgan fingerprint density at radius 3 is 2.06 bits per heavy atom. The van der Waals surface area contributed by atoms with Crippen LogP contribution in [0.15, 0.2) is 29.2 Å². The summed E-state index contributed by atoms with van der Waals surface area (Å²) in [6.45, 7) is 0. The van der Waals surface area contributed by atoms with Crippen molar-refractivity contribution in [2.45, 2.75) is 0 Å². The molecule has 0 aliphatic heterocycles. The summed E-state index contributed by atoms with van der Waals surface area (Å²) in [4.78, 5) is 14.2. The van der Waals surface area contributed by atoms with Crippen molar-refractivity contribution in [3.8, 4) is 11.1 Å². The van der Waals surface area contributed by atoms with Crippen molar-refractivity contribution in [2.75, 3.05) is 0 Å². The van der Waals surface area contributed by atoms with Gasteiger partial charge in [0.25, 0.3) is 5.56 Å². The molecule has 17 heavy (non-hydrogen) atoms. The van der Waals surface area contributed by atoms with Gasteiger partial charge in [-0.25, -0.2) is 0 Å². The van der Waals surface area contributed by atoms with E-state index >= 15 is 0 Å². The highest BCUT2D eigenvalue weighted by Gasteiger charge is 2.13. The number of benzene rings is 1. The summed E-state index contributed by atoms with van der Waals surface area (Å²) in [5.41, 5.74) is 0.408. The van der Waals surface area contributed by atoms with Crippen molar-refractivity contribution in [1.29, 1.82) is 0 Å². The maximum absolute atomic E-state index is 11.7. The first-order chi connectivity index (χ1) is 7.99. The van der Waals surface area contributed by atoms with Gasteiger partial charge in [-0.3, -0.25) is 4.79 Å². The Bertz CT molecular complexity index is 613. The number of aromatic nitrogens is 1. The van der Waals surface area contributed by atoms with Gasteiger partial charge in [0, 0.05) is 16.8 Å². The topological polar surface area (TPSA) is 32.9 Å². The molecular formula is C11H5Cl4NO. The van der Waals surface area contributed by atoms with E-state index < -0.39 is 0 Å². The molecule has 1 heterocycles. The summed E-state index contributed by atoms with van der Waals surface area (Å²) in [6, 6.07) is 4.54. The van der Waals surface area contributed by atoms with Crippen LogP contribution in [0.2, 0.25) is 20.1 Å². The van der Waals surface area contributed by atoms with Crippen molar-refractivity contribution < 1.29 is 0 Å². The Kier molecular flexibility index (Phi) is 3.69. The highest BCUT2D eigenvalue weighted by Crippen LogP contribution is 2.36. The molecular weight excluding hydrogens is 304 g/mol. The van der Waals surface area contributed by atoms with Crippen molar-refractivity contribution in [3.63, 3.8) is 0 Å². The van der Waals surface area contributed by atoms with Crippen molar-refractivity contribution in [2.24, 2.45) is 0 Å². The number of H-pyrrole nitrogens is 1. The van der Waals surface area contributed by atoms with Crippen molar-refractivity contribution in [1.82, 2.24) is 4.98 Å². The summed E-state index contributed by atoms with van der Waals surface area (Å²) in [5, 5.41) is 1.40. The molecule has 0 aliphatic carbocycles.